The van der Waals surface area contributed by atoms with Gasteiger partial charge in [-0.15, -0.1) is 11.3 Å². The van der Waals surface area contributed by atoms with Gasteiger partial charge in [-0.2, -0.15) is 0 Å². The number of benzene rings is 9. The zero-order chi connectivity index (χ0) is 37.7. The van der Waals surface area contributed by atoms with E-state index in [-0.39, 0.29) is 0 Å². The first-order valence-corrected chi connectivity index (χ1v) is 20.1. The summed E-state index contributed by atoms with van der Waals surface area (Å²) in [6, 6.07) is 76.4. The van der Waals surface area contributed by atoms with Crippen molar-refractivity contribution in [3.05, 3.63) is 212 Å². The minimum absolute atomic E-state index is 1.01. The molecule has 0 aliphatic rings. The number of aromatic nitrogens is 2. The first-order valence-electron chi connectivity index (χ1n) is 19.3. The Balaban J connectivity index is 1.17. The highest BCUT2D eigenvalue weighted by Gasteiger charge is 2.23. The molecule has 0 N–H and O–H groups in total. The Morgan fingerprint density at radius 1 is 0.421 bits per heavy atom. The zero-order valence-electron chi connectivity index (χ0n) is 31.0. The molecule has 0 saturated carbocycles. The van der Waals surface area contributed by atoms with Gasteiger partial charge in [0.15, 0.2) is 0 Å². The van der Waals surface area contributed by atoms with Crippen LogP contribution < -0.4 is 4.90 Å². The monoisotopic (exact) mass is 745 g/mol. The molecule has 0 bridgehead atoms. The van der Waals surface area contributed by atoms with Gasteiger partial charge in [-0.3, -0.25) is 0 Å². The van der Waals surface area contributed by atoms with Crippen LogP contribution in [0.3, 0.4) is 0 Å². The third kappa shape index (κ3) is 5.69. The molecule has 11 aromatic rings. The van der Waals surface area contributed by atoms with Gasteiger partial charge in [0.25, 0.3) is 0 Å². The Kier molecular flexibility index (Phi) is 8.01. The van der Waals surface area contributed by atoms with Crippen molar-refractivity contribution in [1.82, 2.24) is 9.55 Å². The Morgan fingerprint density at radius 3 is 1.75 bits per heavy atom. The van der Waals surface area contributed by atoms with Crippen molar-refractivity contribution >= 4 is 71.2 Å². The summed E-state index contributed by atoms with van der Waals surface area (Å²) in [6.45, 7) is 0. The number of fused-ring (bicyclic) bond motifs is 6. The van der Waals surface area contributed by atoms with Crippen molar-refractivity contribution in [2.24, 2.45) is 0 Å². The predicted molar refractivity (Wildman–Crippen MR) is 242 cm³/mol. The molecule has 2 aromatic heterocycles. The van der Waals surface area contributed by atoms with Crippen LogP contribution in [0.2, 0.25) is 0 Å². The quantitative estimate of drug-likeness (QED) is 0.162. The topological polar surface area (TPSA) is 21.1 Å². The van der Waals surface area contributed by atoms with Gasteiger partial charge in [0.2, 0.25) is 0 Å². The normalized spacial score (nSPS) is 11.5. The molecule has 268 valence electrons. The van der Waals surface area contributed by atoms with Crippen LogP contribution in [0.15, 0.2) is 212 Å². The Labute approximate surface area is 335 Å². The SMILES string of the molecule is c1ccc(-c2cccc(N(c3cccc(-c4cccc5nc(-c6ccccc6)sc45)c3)c3cc4c5ccccc5n(-c5ccccc5)c4c4ccccc34)c2)cc1. The molecule has 0 atom stereocenters. The van der Waals surface area contributed by atoms with Gasteiger partial charge in [0.1, 0.15) is 5.01 Å². The number of para-hydroxylation sites is 2. The first kappa shape index (κ1) is 33.1. The zero-order valence-corrected chi connectivity index (χ0v) is 31.8. The minimum atomic E-state index is 1.01. The van der Waals surface area contributed by atoms with Crippen molar-refractivity contribution < 1.29 is 0 Å². The van der Waals surface area contributed by atoms with E-state index in [1.807, 2.05) is 0 Å². The lowest BCUT2D eigenvalue weighted by molar-refractivity contribution is 1.19. The Hall–Kier alpha value is -7.27. The van der Waals surface area contributed by atoms with Gasteiger partial charge < -0.3 is 9.47 Å². The number of hydrogen-bond acceptors (Lipinski definition) is 3. The highest BCUT2D eigenvalue weighted by molar-refractivity contribution is 7.22. The molecule has 0 fully saturated rings. The second-order valence-corrected chi connectivity index (χ2v) is 15.4. The Bertz CT molecular complexity index is 3240. The van der Waals surface area contributed by atoms with Crippen LogP contribution in [0.5, 0.6) is 0 Å². The van der Waals surface area contributed by atoms with E-state index in [1.165, 1.54) is 54.0 Å². The summed E-state index contributed by atoms with van der Waals surface area (Å²) in [5, 5.41) is 5.85. The molecule has 0 saturated heterocycles. The highest BCUT2D eigenvalue weighted by Crippen LogP contribution is 2.47. The van der Waals surface area contributed by atoms with Crippen molar-refractivity contribution in [3.63, 3.8) is 0 Å². The summed E-state index contributed by atoms with van der Waals surface area (Å²) in [6.07, 6.45) is 0. The van der Waals surface area contributed by atoms with E-state index in [2.05, 4.69) is 222 Å². The van der Waals surface area contributed by atoms with Crippen LogP contribution in [-0.4, -0.2) is 9.55 Å². The van der Waals surface area contributed by atoms with Gasteiger partial charge in [-0.05, 0) is 71.3 Å². The number of hydrogen-bond donors (Lipinski definition) is 0. The van der Waals surface area contributed by atoms with Gasteiger partial charge in [0, 0.05) is 49.7 Å². The Morgan fingerprint density at radius 2 is 1.00 bits per heavy atom. The minimum Gasteiger partial charge on any atom is -0.310 e. The van der Waals surface area contributed by atoms with Crippen molar-refractivity contribution in [1.29, 1.82) is 0 Å². The second kappa shape index (κ2) is 13.8. The summed E-state index contributed by atoms with van der Waals surface area (Å²) < 4.78 is 3.61. The molecule has 0 unspecified atom stereocenters. The van der Waals surface area contributed by atoms with Gasteiger partial charge in [0.05, 0.1) is 26.9 Å². The number of rotatable bonds is 7. The molecule has 0 spiro atoms. The lowest BCUT2D eigenvalue weighted by Gasteiger charge is -2.28. The van der Waals surface area contributed by atoms with Gasteiger partial charge in [-0.1, -0.05) is 158 Å². The molecular formula is C53H35N3S. The van der Waals surface area contributed by atoms with Crippen molar-refractivity contribution in [3.8, 4) is 38.5 Å². The van der Waals surface area contributed by atoms with Crippen LogP contribution in [0.1, 0.15) is 0 Å². The van der Waals surface area contributed by atoms with E-state index >= 15 is 0 Å². The smallest absolute Gasteiger partial charge is 0.124 e. The molecule has 0 aliphatic heterocycles. The van der Waals surface area contributed by atoms with E-state index in [0.717, 1.165) is 44.4 Å². The van der Waals surface area contributed by atoms with E-state index in [1.54, 1.807) is 11.3 Å². The predicted octanol–water partition coefficient (Wildman–Crippen LogP) is 15.0. The van der Waals surface area contributed by atoms with Crippen LogP contribution in [0, 0.1) is 0 Å². The molecule has 57 heavy (non-hydrogen) atoms. The van der Waals surface area contributed by atoms with Gasteiger partial charge in [-0.25, -0.2) is 4.98 Å². The fourth-order valence-electron chi connectivity index (χ4n) is 8.41. The third-order valence-corrected chi connectivity index (χ3v) is 12.1. The largest absolute Gasteiger partial charge is 0.310 e. The summed E-state index contributed by atoms with van der Waals surface area (Å²) in [5.74, 6) is 0. The second-order valence-electron chi connectivity index (χ2n) is 14.4. The molecular weight excluding hydrogens is 711 g/mol. The third-order valence-electron chi connectivity index (χ3n) is 11.0. The molecule has 0 aliphatic carbocycles. The van der Waals surface area contributed by atoms with Crippen molar-refractivity contribution in [2.75, 3.05) is 4.90 Å². The maximum Gasteiger partial charge on any atom is 0.124 e. The number of thiazole rings is 1. The standard InChI is InChI=1S/C53H35N3S/c1-4-17-36(18-5-1)38-21-14-25-41(33-38)55(42-26-15-22-39(34-42)43-30-16-31-48-52(43)57-53(54-48)37-19-6-2-7-20-37)50-35-47-45-28-12-13-32-49(45)56(40-23-8-3-9-24-40)51(47)46-29-11-10-27-44(46)50/h1-35H. The summed E-state index contributed by atoms with van der Waals surface area (Å²) in [7, 11) is 0. The van der Waals surface area contributed by atoms with Gasteiger partial charge >= 0.3 is 0 Å². The number of nitrogens with zero attached hydrogens (tertiary/aromatic N) is 3. The molecule has 2 heterocycles. The molecule has 0 amide bonds. The molecule has 4 heteroatoms. The fraction of sp³-hybridized carbons (Fsp3) is 0. The van der Waals surface area contributed by atoms with E-state index < -0.39 is 0 Å². The molecule has 11 rings (SSSR count). The van der Waals surface area contributed by atoms with E-state index in [9.17, 15) is 0 Å². The van der Waals surface area contributed by atoms with Crippen LogP contribution >= 0.6 is 11.3 Å². The van der Waals surface area contributed by atoms with E-state index in [4.69, 9.17) is 4.98 Å². The maximum atomic E-state index is 5.08. The molecule has 0 radical (unpaired) electrons. The average Bonchev–Trinajstić information content (AvgIpc) is 3.88. The van der Waals surface area contributed by atoms with Crippen LogP contribution in [0.4, 0.5) is 17.1 Å². The summed E-state index contributed by atoms with van der Waals surface area (Å²) >= 11 is 1.76. The van der Waals surface area contributed by atoms with Crippen LogP contribution in [-0.2, 0) is 0 Å². The van der Waals surface area contributed by atoms with E-state index in [0.29, 0.717) is 0 Å². The summed E-state index contributed by atoms with van der Waals surface area (Å²) in [5.41, 5.74) is 13.7. The summed E-state index contributed by atoms with van der Waals surface area (Å²) in [4.78, 5) is 7.53. The fourth-order valence-corrected chi connectivity index (χ4v) is 9.52. The number of anilines is 3. The highest BCUT2D eigenvalue weighted by atomic mass is 32.1. The lowest BCUT2D eigenvalue weighted by atomic mass is 9.99. The molecule has 3 nitrogen and oxygen atoms in total. The van der Waals surface area contributed by atoms with Crippen LogP contribution in [0.25, 0.3) is 81.3 Å². The maximum absolute atomic E-state index is 5.08. The first-order chi connectivity index (χ1) is 28.3. The average molecular weight is 746 g/mol. The molecule has 9 aromatic carbocycles. The van der Waals surface area contributed by atoms with Crippen molar-refractivity contribution in [2.45, 2.75) is 0 Å². The lowest BCUT2D eigenvalue weighted by Crippen LogP contribution is -2.11.